The summed E-state index contributed by atoms with van der Waals surface area (Å²) >= 11 is 0. The Kier molecular flexibility index (Phi) is 5.64. The van der Waals surface area contributed by atoms with Crippen molar-refractivity contribution in [3.05, 3.63) is 70.9 Å². The van der Waals surface area contributed by atoms with Gasteiger partial charge in [0.1, 0.15) is 6.04 Å². The average molecular weight is 431 g/mol. The van der Waals surface area contributed by atoms with E-state index < -0.39 is 0 Å². The number of nitrogens with one attached hydrogen (secondary N) is 1. The van der Waals surface area contributed by atoms with Crippen molar-refractivity contribution in [3.63, 3.8) is 0 Å². The van der Waals surface area contributed by atoms with E-state index in [1.807, 2.05) is 29.2 Å². The first-order valence-corrected chi connectivity index (χ1v) is 11.5. The number of hydrogen-bond donors (Lipinski definition) is 1. The molecule has 1 N–H and O–H groups in total. The monoisotopic (exact) mass is 430 g/mol. The molecule has 166 valence electrons. The minimum Gasteiger partial charge on any atom is -0.493 e. The number of allylic oxidation sites excluding steroid dienone is 1. The zero-order valence-corrected chi connectivity index (χ0v) is 18.8. The third kappa shape index (κ3) is 3.56. The maximum atomic E-state index is 13.6. The van der Waals surface area contributed by atoms with Crippen molar-refractivity contribution in [1.29, 1.82) is 0 Å². The number of amides is 1. The van der Waals surface area contributed by atoms with Gasteiger partial charge in [-0.25, -0.2) is 0 Å². The first kappa shape index (κ1) is 20.7. The van der Waals surface area contributed by atoms with Crippen LogP contribution in [0.4, 0.5) is 0 Å². The van der Waals surface area contributed by atoms with Crippen LogP contribution < -0.4 is 9.47 Å². The molecule has 2 aromatic carbocycles. The van der Waals surface area contributed by atoms with E-state index in [-0.39, 0.29) is 11.9 Å². The molecular formula is C27H30N2O3. The number of aromatic amines is 1. The molecule has 0 saturated carbocycles. The Balaban J connectivity index is 1.63. The number of H-pyrrole nitrogens is 1. The van der Waals surface area contributed by atoms with Crippen LogP contribution in [-0.2, 0) is 11.2 Å². The number of carbonyl (C=O) groups excluding carboxylic acids is 1. The highest BCUT2D eigenvalue weighted by atomic mass is 16.5. The largest absolute Gasteiger partial charge is 0.493 e. The summed E-state index contributed by atoms with van der Waals surface area (Å²) in [5.74, 6) is 1.54. The molecule has 5 nitrogen and oxygen atoms in total. The molecule has 0 bridgehead atoms. The van der Waals surface area contributed by atoms with Gasteiger partial charge in [-0.3, -0.25) is 4.79 Å². The Hall–Kier alpha value is -3.21. The van der Waals surface area contributed by atoms with Crippen LogP contribution in [0.1, 0.15) is 55.0 Å². The molecule has 2 heterocycles. The van der Waals surface area contributed by atoms with Gasteiger partial charge >= 0.3 is 0 Å². The molecule has 5 heteroatoms. The van der Waals surface area contributed by atoms with E-state index in [0.717, 1.165) is 36.0 Å². The van der Waals surface area contributed by atoms with Crippen LogP contribution in [-0.4, -0.2) is 36.6 Å². The Morgan fingerprint density at radius 2 is 1.94 bits per heavy atom. The molecule has 2 aliphatic rings. The lowest BCUT2D eigenvalue weighted by Crippen LogP contribution is -2.41. The summed E-state index contributed by atoms with van der Waals surface area (Å²) in [5, 5.41) is 1.23. The molecule has 1 atom stereocenters. The van der Waals surface area contributed by atoms with Crippen molar-refractivity contribution < 1.29 is 14.3 Å². The molecule has 5 rings (SSSR count). The molecule has 0 fully saturated rings. The fourth-order valence-electron chi connectivity index (χ4n) is 5.32. The van der Waals surface area contributed by atoms with Crippen molar-refractivity contribution in [1.82, 2.24) is 9.88 Å². The number of methoxy groups -OCH3 is 2. The Morgan fingerprint density at radius 1 is 1.06 bits per heavy atom. The van der Waals surface area contributed by atoms with Gasteiger partial charge in [0, 0.05) is 35.1 Å². The standard InChI is InChI=1S/C27H30N2O3/c1-31-23-14-8-12-21(27(23)32-2)26-25-20(19-11-6-7-13-22(19)28-25)15-16-29(26)24(30)17-18-9-4-3-5-10-18/h6-9,11-14,26,28H,3-5,10,15-17H2,1-2H3/t26-/m1/s1. The molecule has 32 heavy (non-hydrogen) atoms. The molecule has 1 aliphatic carbocycles. The summed E-state index contributed by atoms with van der Waals surface area (Å²) in [5.41, 5.74) is 5.70. The molecule has 1 aromatic heterocycles. The second-order valence-corrected chi connectivity index (χ2v) is 8.67. The lowest BCUT2D eigenvalue weighted by molar-refractivity contribution is -0.132. The van der Waals surface area contributed by atoms with Crippen molar-refractivity contribution in [2.75, 3.05) is 20.8 Å². The third-order valence-electron chi connectivity index (χ3n) is 6.85. The minimum atomic E-state index is -0.243. The predicted octanol–water partition coefficient (Wildman–Crippen LogP) is 5.55. The van der Waals surface area contributed by atoms with Gasteiger partial charge in [-0.05, 0) is 49.8 Å². The highest BCUT2D eigenvalue weighted by Crippen LogP contribution is 2.44. The van der Waals surface area contributed by atoms with Crippen LogP contribution in [0, 0.1) is 0 Å². The Labute approximate surface area is 189 Å². The van der Waals surface area contributed by atoms with E-state index >= 15 is 0 Å². The average Bonchev–Trinajstić information content (AvgIpc) is 3.22. The molecule has 0 spiro atoms. The molecular weight excluding hydrogens is 400 g/mol. The SMILES string of the molecule is COc1cccc([C@@H]2c3[nH]c4ccccc4c3CCN2C(=O)CC2=CCCCC2)c1OC. The van der Waals surface area contributed by atoms with E-state index in [9.17, 15) is 4.79 Å². The lowest BCUT2D eigenvalue weighted by Gasteiger charge is -2.37. The lowest BCUT2D eigenvalue weighted by atomic mass is 9.90. The second kappa shape index (κ2) is 8.73. The molecule has 0 unspecified atom stereocenters. The van der Waals surface area contributed by atoms with Gasteiger partial charge in [-0.1, -0.05) is 42.0 Å². The van der Waals surface area contributed by atoms with Gasteiger partial charge in [0.05, 0.1) is 14.2 Å². The molecule has 1 aliphatic heterocycles. The quantitative estimate of drug-likeness (QED) is 0.540. The minimum absolute atomic E-state index is 0.178. The summed E-state index contributed by atoms with van der Waals surface area (Å²) < 4.78 is 11.4. The van der Waals surface area contributed by atoms with Crippen LogP contribution in [0.25, 0.3) is 10.9 Å². The fourth-order valence-corrected chi connectivity index (χ4v) is 5.32. The van der Waals surface area contributed by atoms with Crippen molar-refractivity contribution >= 4 is 16.8 Å². The van der Waals surface area contributed by atoms with Gasteiger partial charge in [-0.15, -0.1) is 0 Å². The van der Waals surface area contributed by atoms with Gasteiger partial charge in [-0.2, -0.15) is 0 Å². The Bertz CT molecular complexity index is 1180. The highest BCUT2D eigenvalue weighted by Gasteiger charge is 2.36. The van der Waals surface area contributed by atoms with E-state index in [1.165, 1.54) is 29.4 Å². The number of benzene rings is 2. The van der Waals surface area contributed by atoms with E-state index in [1.54, 1.807) is 14.2 Å². The number of nitrogens with zero attached hydrogens (tertiary/aromatic N) is 1. The second-order valence-electron chi connectivity index (χ2n) is 8.67. The smallest absolute Gasteiger partial charge is 0.227 e. The topological polar surface area (TPSA) is 54.6 Å². The van der Waals surface area contributed by atoms with Crippen LogP contribution in [0.2, 0.25) is 0 Å². The molecule has 3 aromatic rings. The number of para-hydroxylation sites is 2. The number of rotatable bonds is 5. The predicted molar refractivity (Wildman–Crippen MR) is 126 cm³/mol. The summed E-state index contributed by atoms with van der Waals surface area (Å²) in [6.07, 6.45) is 8.13. The molecule has 0 saturated heterocycles. The number of aromatic nitrogens is 1. The summed E-state index contributed by atoms with van der Waals surface area (Å²) in [7, 11) is 3.31. The van der Waals surface area contributed by atoms with Crippen LogP contribution in [0.3, 0.4) is 0 Å². The van der Waals surface area contributed by atoms with Crippen molar-refractivity contribution in [3.8, 4) is 11.5 Å². The highest BCUT2D eigenvalue weighted by molar-refractivity contribution is 5.87. The molecule has 1 amide bonds. The van der Waals surface area contributed by atoms with Gasteiger partial charge in [0.2, 0.25) is 5.91 Å². The van der Waals surface area contributed by atoms with E-state index in [4.69, 9.17) is 9.47 Å². The van der Waals surface area contributed by atoms with E-state index in [2.05, 4.69) is 29.3 Å². The summed E-state index contributed by atoms with van der Waals surface area (Å²) in [6, 6.07) is 14.1. The van der Waals surface area contributed by atoms with Crippen LogP contribution in [0.15, 0.2) is 54.1 Å². The van der Waals surface area contributed by atoms with E-state index in [0.29, 0.717) is 24.5 Å². The maximum Gasteiger partial charge on any atom is 0.227 e. The fraction of sp³-hybridized carbons (Fsp3) is 0.370. The van der Waals surface area contributed by atoms with Crippen molar-refractivity contribution in [2.45, 2.75) is 44.6 Å². The van der Waals surface area contributed by atoms with Gasteiger partial charge in [0.15, 0.2) is 11.5 Å². The summed E-state index contributed by atoms with van der Waals surface area (Å²) in [6.45, 7) is 0.686. The number of ether oxygens (including phenoxy) is 2. The summed E-state index contributed by atoms with van der Waals surface area (Å²) in [4.78, 5) is 19.3. The van der Waals surface area contributed by atoms with Crippen LogP contribution in [0.5, 0.6) is 11.5 Å². The van der Waals surface area contributed by atoms with Gasteiger partial charge < -0.3 is 19.4 Å². The number of carbonyl (C=O) groups is 1. The zero-order valence-electron chi connectivity index (χ0n) is 18.8. The molecule has 0 radical (unpaired) electrons. The van der Waals surface area contributed by atoms with Crippen LogP contribution >= 0.6 is 0 Å². The number of fused-ring (bicyclic) bond motifs is 3. The normalized spacial score (nSPS) is 18.2. The number of hydrogen-bond acceptors (Lipinski definition) is 3. The first-order chi connectivity index (χ1) is 15.7. The first-order valence-electron chi connectivity index (χ1n) is 11.5. The maximum absolute atomic E-state index is 13.6. The Morgan fingerprint density at radius 3 is 2.72 bits per heavy atom. The van der Waals surface area contributed by atoms with Crippen molar-refractivity contribution in [2.24, 2.45) is 0 Å². The van der Waals surface area contributed by atoms with Gasteiger partial charge in [0.25, 0.3) is 0 Å². The zero-order chi connectivity index (χ0) is 22.1. The third-order valence-corrected chi connectivity index (χ3v) is 6.85.